The third kappa shape index (κ3) is 3.43. The van der Waals surface area contributed by atoms with Gasteiger partial charge in [-0.25, -0.2) is 9.18 Å². The van der Waals surface area contributed by atoms with E-state index in [0.29, 0.717) is 31.4 Å². The molecule has 1 atom stereocenters. The number of nitrogens with zero attached hydrogens (tertiary/aromatic N) is 2. The Labute approximate surface area is 138 Å². The van der Waals surface area contributed by atoms with Gasteiger partial charge in [-0.05, 0) is 17.7 Å². The molecule has 3 rings (SSSR count). The van der Waals surface area contributed by atoms with E-state index in [2.05, 4.69) is 21.5 Å². The molecule has 0 saturated carbocycles. The maximum absolute atomic E-state index is 13.2. The Bertz CT molecular complexity index is 748. The Morgan fingerprint density at radius 1 is 1.46 bits per heavy atom. The van der Waals surface area contributed by atoms with Gasteiger partial charge in [-0.1, -0.05) is 6.07 Å². The zero-order chi connectivity index (χ0) is 17.2. The van der Waals surface area contributed by atoms with Crippen LogP contribution in [0, 0.1) is 18.2 Å². The van der Waals surface area contributed by atoms with Crippen LogP contribution in [0.2, 0.25) is 0 Å². The van der Waals surface area contributed by atoms with Crippen LogP contribution < -0.4 is 5.32 Å². The molecule has 1 N–H and O–H groups in total. The number of carbonyl (C=O) groups is 2. The number of cyclic esters (lactones) is 1. The highest BCUT2D eigenvalue weighted by Gasteiger charge is 2.39. The minimum Gasteiger partial charge on any atom is -0.448 e. The third-order valence-electron chi connectivity index (χ3n) is 4.12. The van der Waals surface area contributed by atoms with E-state index in [1.54, 1.807) is 0 Å². The van der Waals surface area contributed by atoms with E-state index >= 15 is 0 Å². The molecule has 124 valence electrons. The minimum atomic E-state index is -0.912. The highest BCUT2D eigenvalue weighted by molar-refractivity contribution is 5.95. The van der Waals surface area contributed by atoms with Gasteiger partial charge in [0.05, 0.1) is 5.56 Å². The SMILES string of the molecule is C#CCCC1(CCNC(=O)C2Cc3ccc(F)cc3C(=O)O2)N=N1. The topological polar surface area (TPSA) is 80.1 Å². The predicted octanol–water partition coefficient (Wildman–Crippen LogP) is 1.99. The van der Waals surface area contributed by atoms with Crippen molar-refractivity contribution < 1.29 is 18.7 Å². The van der Waals surface area contributed by atoms with Crippen LogP contribution in [-0.4, -0.2) is 30.2 Å². The van der Waals surface area contributed by atoms with Crippen molar-refractivity contribution >= 4 is 11.9 Å². The molecule has 2 aliphatic rings. The van der Waals surface area contributed by atoms with Crippen molar-refractivity contribution in [3.63, 3.8) is 0 Å². The Morgan fingerprint density at radius 3 is 2.96 bits per heavy atom. The van der Waals surface area contributed by atoms with Crippen LogP contribution in [0.15, 0.2) is 28.4 Å². The van der Waals surface area contributed by atoms with E-state index in [-0.39, 0.29) is 17.9 Å². The molecule has 1 aromatic rings. The Hall–Kier alpha value is -2.75. The van der Waals surface area contributed by atoms with Crippen LogP contribution >= 0.6 is 0 Å². The van der Waals surface area contributed by atoms with Crippen molar-refractivity contribution in [2.45, 2.75) is 37.5 Å². The average Bonchev–Trinajstić information content (AvgIpc) is 3.33. The minimum absolute atomic E-state index is 0.169. The fourth-order valence-corrected chi connectivity index (χ4v) is 2.66. The van der Waals surface area contributed by atoms with Gasteiger partial charge in [0.15, 0.2) is 11.8 Å². The van der Waals surface area contributed by atoms with Crippen LogP contribution in [0.1, 0.15) is 35.2 Å². The van der Waals surface area contributed by atoms with Gasteiger partial charge in [0, 0.05) is 32.2 Å². The van der Waals surface area contributed by atoms with Crippen LogP contribution in [-0.2, 0) is 16.0 Å². The number of benzene rings is 1. The Balaban J connectivity index is 1.52. The van der Waals surface area contributed by atoms with Gasteiger partial charge in [0.25, 0.3) is 5.91 Å². The first kappa shape index (κ1) is 16.1. The Kier molecular flexibility index (Phi) is 4.30. The molecule has 0 aromatic heterocycles. The number of nitrogens with one attached hydrogen (secondary N) is 1. The van der Waals surface area contributed by atoms with E-state index in [1.165, 1.54) is 12.1 Å². The van der Waals surface area contributed by atoms with Gasteiger partial charge >= 0.3 is 5.97 Å². The fourth-order valence-electron chi connectivity index (χ4n) is 2.66. The number of hydrogen-bond acceptors (Lipinski definition) is 5. The molecule has 0 saturated heterocycles. The molecule has 0 radical (unpaired) electrons. The second kappa shape index (κ2) is 6.40. The first-order valence-electron chi connectivity index (χ1n) is 7.68. The summed E-state index contributed by atoms with van der Waals surface area (Å²) in [6, 6.07) is 3.89. The first-order chi connectivity index (χ1) is 11.5. The van der Waals surface area contributed by atoms with Gasteiger partial charge in [0.2, 0.25) is 0 Å². The second-order valence-corrected chi connectivity index (χ2v) is 5.83. The van der Waals surface area contributed by atoms with Crippen molar-refractivity contribution in [1.29, 1.82) is 0 Å². The summed E-state index contributed by atoms with van der Waals surface area (Å²) in [4.78, 5) is 24.1. The van der Waals surface area contributed by atoms with Crippen molar-refractivity contribution in [2.24, 2.45) is 10.2 Å². The van der Waals surface area contributed by atoms with Gasteiger partial charge in [0.1, 0.15) is 5.82 Å². The predicted molar refractivity (Wildman–Crippen MR) is 82.6 cm³/mol. The molecule has 7 heteroatoms. The normalized spacial score (nSPS) is 19.8. The maximum atomic E-state index is 13.2. The van der Waals surface area contributed by atoms with Crippen molar-refractivity contribution in [3.8, 4) is 12.3 Å². The van der Waals surface area contributed by atoms with Gasteiger partial charge in [-0.15, -0.1) is 12.3 Å². The van der Waals surface area contributed by atoms with Gasteiger partial charge in [-0.2, -0.15) is 10.2 Å². The van der Waals surface area contributed by atoms with Crippen LogP contribution in [0.25, 0.3) is 0 Å². The molecular weight excluding hydrogens is 313 g/mol. The lowest BCUT2D eigenvalue weighted by molar-refractivity contribution is -0.130. The number of rotatable bonds is 6. The third-order valence-corrected chi connectivity index (χ3v) is 4.12. The zero-order valence-corrected chi connectivity index (χ0v) is 12.9. The van der Waals surface area contributed by atoms with Gasteiger partial charge < -0.3 is 10.1 Å². The summed E-state index contributed by atoms with van der Waals surface area (Å²) in [6.45, 7) is 0.362. The molecule has 0 bridgehead atoms. The average molecular weight is 329 g/mol. The van der Waals surface area contributed by atoms with Crippen LogP contribution in [0.4, 0.5) is 4.39 Å². The van der Waals surface area contributed by atoms with E-state index in [9.17, 15) is 14.0 Å². The van der Waals surface area contributed by atoms with Gasteiger partial charge in [-0.3, -0.25) is 4.79 Å². The number of carbonyl (C=O) groups excluding carboxylic acids is 2. The lowest BCUT2D eigenvalue weighted by Gasteiger charge is -2.24. The summed E-state index contributed by atoms with van der Waals surface area (Å²) in [5.74, 6) is 0.960. The molecule has 24 heavy (non-hydrogen) atoms. The fraction of sp³-hybridized carbons (Fsp3) is 0.412. The van der Waals surface area contributed by atoms with Crippen LogP contribution in [0.5, 0.6) is 0 Å². The number of esters is 1. The molecule has 1 aromatic carbocycles. The molecular formula is C17H16FN3O3. The monoisotopic (exact) mass is 329 g/mol. The van der Waals surface area contributed by atoms with E-state index in [0.717, 1.165) is 6.07 Å². The molecule has 1 amide bonds. The largest absolute Gasteiger partial charge is 0.448 e. The van der Waals surface area contributed by atoms with Crippen molar-refractivity contribution in [2.75, 3.05) is 6.54 Å². The highest BCUT2D eigenvalue weighted by Crippen LogP contribution is 2.36. The molecule has 0 aliphatic carbocycles. The number of fused-ring (bicyclic) bond motifs is 1. The lowest BCUT2D eigenvalue weighted by Crippen LogP contribution is -2.42. The molecule has 2 heterocycles. The highest BCUT2D eigenvalue weighted by atomic mass is 19.1. The standard InChI is InChI=1S/C17H16FN3O3/c1-2-3-6-17(20-21-17)7-8-19-15(22)14-9-11-4-5-12(18)10-13(11)16(23)24-14/h1,4-5,10,14H,3,6-9H2,(H,19,22). The lowest BCUT2D eigenvalue weighted by atomic mass is 9.98. The number of amides is 1. The smallest absolute Gasteiger partial charge is 0.339 e. The maximum Gasteiger partial charge on any atom is 0.339 e. The van der Waals surface area contributed by atoms with Crippen LogP contribution in [0.3, 0.4) is 0 Å². The zero-order valence-electron chi connectivity index (χ0n) is 12.9. The molecule has 6 nitrogen and oxygen atoms in total. The summed E-state index contributed by atoms with van der Waals surface area (Å²) in [7, 11) is 0. The summed E-state index contributed by atoms with van der Waals surface area (Å²) < 4.78 is 18.3. The summed E-state index contributed by atoms with van der Waals surface area (Å²) in [5, 5.41) is 10.7. The van der Waals surface area contributed by atoms with E-state index < -0.39 is 23.6 Å². The molecule has 0 spiro atoms. The summed E-state index contributed by atoms with van der Waals surface area (Å²) in [6.07, 6.45) is 6.34. The molecule has 0 fully saturated rings. The number of halogens is 1. The molecule has 2 aliphatic heterocycles. The number of terminal acetylenes is 1. The van der Waals surface area contributed by atoms with E-state index in [4.69, 9.17) is 11.2 Å². The number of hydrogen-bond donors (Lipinski definition) is 1. The summed E-state index contributed by atoms with van der Waals surface area (Å²) >= 11 is 0. The molecule has 1 unspecified atom stereocenters. The Morgan fingerprint density at radius 2 is 2.25 bits per heavy atom. The quantitative estimate of drug-likeness (QED) is 0.640. The van der Waals surface area contributed by atoms with Crippen molar-refractivity contribution in [1.82, 2.24) is 5.32 Å². The number of ether oxygens (including phenoxy) is 1. The second-order valence-electron chi connectivity index (χ2n) is 5.83. The van der Waals surface area contributed by atoms with E-state index in [1.807, 2.05) is 0 Å². The van der Waals surface area contributed by atoms with Crippen molar-refractivity contribution in [3.05, 3.63) is 35.1 Å². The first-order valence-corrected chi connectivity index (χ1v) is 7.68. The summed E-state index contributed by atoms with van der Waals surface area (Å²) in [5.41, 5.74) is 0.306.